The molecule has 0 radical (unpaired) electrons. The first-order valence-corrected chi connectivity index (χ1v) is 11.4. The van der Waals surface area contributed by atoms with Crippen LogP contribution >= 0.6 is 0 Å². The predicted molar refractivity (Wildman–Crippen MR) is 104 cm³/mol. The van der Waals surface area contributed by atoms with Gasteiger partial charge in [0.05, 0.1) is 22.0 Å². The van der Waals surface area contributed by atoms with Crippen LogP contribution in [-0.2, 0) is 24.8 Å². The van der Waals surface area contributed by atoms with Gasteiger partial charge in [-0.1, -0.05) is 12.1 Å². The summed E-state index contributed by atoms with van der Waals surface area (Å²) in [5, 5.41) is 0. The van der Waals surface area contributed by atoms with Crippen LogP contribution in [0.4, 0.5) is 11.4 Å². The third-order valence-corrected chi connectivity index (χ3v) is 7.83. The average molecular weight is 409 g/mol. The van der Waals surface area contributed by atoms with Crippen molar-refractivity contribution in [1.82, 2.24) is 0 Å². The summed E-state index contributed by atoms with van der Waals surface area (Å²) in [7, 11) is -7.56. The second-order valence-electron chi connectivity index (χ2n) is 6.53. The average Bonchev–Trinajstić information content (AvgIpc) is 2.84. The van der Waals surface area contributed by atoms with Gasteiger partial charge in [0, 0.05) is 6.42 Å². The molecule has 1 saturated heterocycles. The van der Waals surface area contributed by atoms with E-state index in [1.165, 1.54) is 18.2 Å². The molecule has 0 atom stereocenters. The number of aryl methyl sites for hydroxylation is 2. The van der Waals surface area contributed by atoms with Gasteiger partial charge in [0.15, 0.2) is 0 Å². The second kappa shape index (κ2) is 6.65. The van der Waals surface area contributed by atoms with Crippen molar-refractivity contribution in [2.75, 3.05) is 14.8 Å². The van der Waals surface area contributed by atoms with Gasteiger partial charge in [-0.05, 0) is 61.7 Å². The van der Waals surface area contributed by atoms with Crippen molar-refractivity contribution in [3.8, 4) is 0 Å². The molecular weight excluding hydrogens is 388 g/mol. The summed E-state index contributed by atoms with van der Waals surface area (Å²) in [6.45, 7) is 5.28. The van der Waals surface area contributed by atoms with E-state index < -0.39 is 26.0 Å². The fourth-order valence-electron chi connectivity index (χ4n) is 2.99. The molecule has 0 aliphatic carbocycles. The highest BCUT2D eigenvalue weighted by molar-refractivity contribution is 7.94. The molecule has 0 spiro atoms. The largest absolute Gasteiger partial charge is 0.279 e. The van der Waals surface area contributed by atoms with Crippen molar-refractivity contribution < 1.29 is 21.6 Å². The fourth-order valence-corrected chi connectivity index (χ4v) is 5.79. The Labute approximate surface area is 159 Å². The molecule has 0 saturated carbocycles. The van der Waals surface area contributed by atoms with Crippen LogP contribution in [0.3, 0.4) is 0 Å². The number of hydrogen-bond acceptors (Lipinski definition) is 5. The highest BCUT2D eigenvalue weighted by Crippen LogP contribution is 2.30. The molecule has 1 fully saturated rings. The van der Waals surface area contributed by atoms with Crippen molar-refractivity contribution in [2.24, 2.45) is 0 Å². The lowest BCUT2D eigenvalue weighted by Crippen LogP contribution is -2.29. The van der Waals surface area contributed by atoms with Crippen LogP contribution < -0.4 is 9.03 Å². The van der Waals surface area contributed by atoms with Gasteiger partial charge in [0.2, 0.25) is 15.9 Å². The minimum Gasteiger partial charge on any atom is -0.279 e. The lowest BCUT2D eigenvalue weighted by atomic mass is 10.1. The maximum atomic E-state index is 12.8. The molecule has 0 aromatic heterocycles. The monoisotopic (exact) mass is 408 g/mol. The van der Waals surface area contributed by atoms with Crippen LogP contribution in [0.5, 0.6) is 0 Å². The normalized spacial score (nSPS) is 16.6. The summed E-state index contributed by atoms with van der Waals surface area (Å²) in [4.78, 5) is 11.9. The van der Waals surface area contributed by atoms with Crippen molar-refractivity contribution in [3.63, 3.8) is 0 Å². The van der Waals surface area contributed by atoms with Crippen molar-refractivity contribution in [1.29, 1.82) is 0 Å². The number of amides is 1. The molecule has 2 aromatic rings. The molecular formula is C18H20N2O5S2. The van der Waals surface area contributed by atoms with Crippen molar-refractivity contribution in [3.05, 3.63) is 53.1 Å². The molecule has 1 aliphatic rings. The minimum absolute atomic E-state index is 0.0243. The first-order valence-electron chi connectivity index (χ1n) is 8.28. The van der Waals surface area contributed by atoms with Gasteiger partial charge in [-0.15, -0.1) is 0 Å². The third-order valence-electron chi connectivity index (χ3n) is 4.61. The predicted octanol–water partition coefficient (Wildman–Crippen LogP) is 2.48. The molecule has 144 valence electrons. The van der Waals surface area contributed by atoms with Crippen LogP contribution in [0.15, 0.2) is 41.3 Å². The zero-order valence-corrected chi connectivity index (χ0v) is 16.8. The Morgan fingerprint density at radius 3 is 2.33 bits per heavy atom. The Kier molecular flexibility index (Phi) is 4.77. The Balaban J connectivity index is 1.98. The Bertz CT molecular complexity index is 1140. The molecule has 0 bridgehead atoms. The topological polar surface area (TPSA) is 101 Å². The summed E-state index contributed by atoms with van der Waals surface area (Å²) < 4.78 is 53.0. The van der Waals surface area contributed by atoms with Crippen LogP contribution in [0.25, 0.3) is 0 Å². The van der Waals surface area contributed by atoms with Crippen LogP contribution in [0, 0.1) is 20.8 Å². The van der Waals surface area contributed by atoms with Gasteiger partial charge < -0.3 is 0 Å². The zero-order chi connectivity index (χ0) is 20.0. The number of sulfonamides is 2. The highest BCUT2D eigenvalue weighted by Gasteiger charge is 2.36. The molecule has 1 N–H and O–H groups in total. The van der Waals surface area contributed by atoms with E-state index in [0.29, 0.717) is 11.3 Å². The van der Waals surface area contributed by atoms with Crippen molar-refractivity contribution in [2.45, 2.75) is 32.1 Å². The number of rotatable bonds is 4. The van der Waals surface area contributed by atoms with Crippen LogP contribution in [0.2, 0.25) is 0 Å². The lowest BCUT2D eigenvalue weighted by molar-refractivity contribution is -0.116. The number of carbonyl (C=O) groups excluding carboxylic acids is 1. The van der Waals surface area contributed by atoms with Gasteiger partial charge in [0.1, 0.15) is 0 Å². The highest BCUT2D eigenvalue weighted by atomic mass is 32.2. The van der Waals surface area contributed by atoms with E-state index in [0.717, 1.165) is 15.4 Å². The molecule has 1 aliphatic heterocycles. The quantitative estimate of drug-likeness (QED) is 0.838. The van der Waals surface area contributed by atoms with E-state index in [9.17, 15) is 21.6 Å². The molecule has 1 heterocycles. The zero-order valence-electron chi connectivity index (χ0n) is 15.2. The van der Waals surface area contributed by atoms with E-state index in [1.807, 2.05) is 19.9 Å². The summed E-state index contributed by atoms with van der Waals surface area (Å²) in [5.41, 5.74) is 2.76. The SMILES string of the molecule is Cc1cc(N2C(=O)CCS2(=O)=O)ccc1S(=O)(=O)Nc1cccc(C)c1C. The van der Waals surface area contributed by atoms with Crippen LogP contribution in [0.1, 0.15) is 23.1 Å². The molecule has 7 nitrogen and oxygen atoms in total. The number of hydrogen-bond donors (Lipinski definition) is 1. The maximum absolute atomic E-state index is 12.8. The number of nitrogens with one attached hydrogen (secondary N) is 1. The Morgan fingerprint density at radius 1 is 1.04 bits per heavy atom. The van der Waals surface area contributed by atoms with Gasteiger partial charge in [-0.25, -0.2) is 21.1 Å². The first kappa shape index (κ1) is 19.4. The maximum Gasteiger partial charge on any atom is 0.262 e. The molecule has 2 aromatic carbocycles. The molecule has 27 heavy (non-hydrogen) atoms. The number of benzene rings is 2. The van der Waals surface area contributed by atoms with Gasteiger partial charge in [-0.3, -0.25) is 9.52 Å². The summed E-state index contributed by atoms with van der Waals surface area (Å²) in [6, 6.07) is 9.39. The lowest BCUT2D eigenvalue weighted by Gasteiger charge is -2.18. The summed E-state index contributed by atoms with van der Waals surface area (Å²) >= 11 is 0. The molecule has 0 unspecified atom stereocenters. The minimum atomic E-state index is -3.87. The van der Waals surface area contributed by atoms with Crippen molar-refractivity contribution >= 4 is 37.3 Å². The van der Waals surface area contributed by atoms with E-state index in [-0.39, 0.29) is 22.8 Å². The van der Waals surface area contributed by atoms with Gasteiger partial charge >= 0.3 is 0 Å². The standard InChI is InChI=1S/C18H20N2O5S2/c1-12-5-4-6-16(14(12)3)19-27(24,25)17-8-7-15(11-13(17)2)20-18(21)9-10-26(20,22)23/h4-8,11,19H,9-10H2,1-3H3. The summed E-state index contributed by atoms with van der Waals surface area (Å²) in [6.07, 6.45) is -0.0738. The first-order chi connectivity index (χ1) is 12.5. The van der Waals surface area contributed by atoms with Crippen LogP contribution in [-0.4, -0.2) is 28.5 Å². The number of anilines is 2. The smallest absolute Gasteiger partial charge is 0.262 e. The number of carbonyl (C=O) groups is 1. The second-order valence-corrected chi connectivity index (χ2v) is 10.1. The third kappa shape index (κ3) is 3.57. The van der Waals surface area contributed by atoms with E-state index in [1.54, 1.807) is 19.1 Å². The van der Waals surface area contributed by atoms with Gasteiger partial charge in [-0.2, -0.15) is 0 Å². The summed E-state index contributed by atoms with van der Waals surface area (Å²) in [5.74, 6) is -0.752. The Hall–Kier alpha value is -2.39. The molecule has 1 amide bonds. The number of nitrogens with zero attached hydrogens (tertiary/aromatic N) is 1. The fraction of sp³-hybridized carbons (Fsp3) is 0.278. The van der Waals surface area contributed by atoms with E-state index in [4.69, 9.17) is 0 Å². The van der Waals surface area contributed by atoms with E-state index in [2.05, 4.69) is 4.72 Å². The van der Waals surface area contributed by atoms with Gasteiger partial charge in [0.25, 0.3) is 10.0 Å². The molecule has 9 heteroatoms. The Morgan fingerprint density at radius 2 is 1.74 bits per heavy atom. The molecule has 3 rings (SSSR count). The van der Waals surface area contributed by atoms with E-state index >= 15 is 0 Å².